The number of carbonyl (C=O) groups excluding carboxylic acids is 1. The number of likely N-dealkylation sites (N-methyl/N-ethyl adjacent to an activating group) is 1. The highest BCUT2D eigenvalue weighted by atomic mass is 16.3. The summed E-state index contributed by atoms with van der Waals surface area (Å²) in [6, 6.07) is 3.95. The van der Waals surface area contributed by atoms with Gasteiger partial charge in [-0.2, -0.15) is 0 Å². The van der Waals surface area contributed by atoms with Crippen molar-refractivity contribution < 1.29 is 9.90 Å². The van der Waals surface area contributed by atoms with E-state index < -0.39 is 0 Å². The zero-order chi connectivity index (χ0) is 11.1. The van der Waals surface area contributed by atoms with Crippen LogP contribution in [0.5, 0.6) is 0 Å². The second-order valence-corrected chi connectivity index (χ2v) is 3.59. The molecule has 1 aromatic rings. The summed E-state index contributed by atoms with van der Waals surface area (Å²) in [6.45, 7) is 0.793. The average molecular weight is 210 g/mol. The first-order valence-corrected chi connectivity index (χ1v) is 5.21. The molecule has 4 heteroatoms. The van der Waals surface area contributed by atoms with Crippen LogP contribution in [0, 0.1) is 0 Å². The predicted octanol–water partition coefficient (Wildman–Crippen LogP) is 0.788. The Kier molecular flexibility index (Phi) is 4.90. The molecule has 0 atom stereocenters. The molecule has 0 spiro atoms. The zero-order valence-corrected chi connectivity index (χ0v) is 9.07. The van der Waals surface area contributed by atoms with Gasteiger partial charge in [0, 0.05) is 44.9 Å². The average Bonchev–Trinajstić information content (AvgIpc) is 2.75. The van der Waals surface area contributed by atoms with Gasteiger partial charge < -0.3 is 15.0 Å². The standard InChI is InChI=1S/C11H18N2O2/c1-13(11(15)5-3-9-14)8-6-10-4-2-7-12-10/h2,4,7,12,14H,3,5-6,8-9H2,1H3. The van der Waals surface area contributed by atoms with Gasteiger partial charge in [-0.3, -0.25) is 4.79 Å². The van der Waals surface area contributed by atoms with Gasteiger partial charge in [0.25, 0.3) is 0 Å². The van der Waals surface area contributed by atoms with Crippen molar-refractivity contribution in [1.29, 1.82) is 0 Å². The molecule has 1 amide bonds. The molecule has 0 unspecified atom stereocenters. The summed E-state index contributed by atoms with van der Waals surface area (Å²) in [5, 5.41) is 8.60. The molecule has 0 aliphatic carbocycles. The molecule has 4 nitrogen and oxygen atoms in total. The van der Waals surface area contributed by atoms with E-state index >= 15 is 0 Å². The maximum atomic E-state index is 11.5. The quantitative estimate of drug-likeness (QED) is 0.729. The molecule has 0 aromatic carbocycles. The maximum Gasteiger partial charge on any atom is 0.222 e. The summed E-state index contributed by atoms with van der Waals surface area (Å²) < 4.78 is 0. The SMILES string of the molecule is CN(CCc1ccc[nH]1)C(=O)CCCO. The van der Waals surface area contributed by atoms with Crippen LogP contribution in [0.15, 0.2) is 18.3 Å². The Morgan fingerprint density at radius 1 is 1.60 bits per heavy atom. The van der Waals surface area contributed by atoms with E-state index in [2.05, 4.69) is 4.98 Å². The first-order chi connectivity index (χ1) is 7.24. The van der Waals surface area contributed by atoms with E-state index in [1.54, 1.807) is 11.9 Å². The van der Waals surface area contributed by atoms with Gasteiger partial charge in [0.05, 0.1) is 0 Å². The second-order valence-electron chi connectivity index (χ2n) is 3.59. The Balaban J connectivity index is 2.23. The van der Waals surface area contributed by atoms with Crippen molar-refractivity contribution in [1.82, 2.24) is 9.88 Å². The van der Waals surface area contributed by atoms with Crippen LogP contribution >= 0.6 is 0 Å². The van der Waals surface area contributed by atoms with E-state index in [1.807, 2.05) is 18.3 Å². The number of hydrogen-bond acceptors (Lipinski definition) is 2. The number of aromatic nitrogens is 1. The van der Waals surface area contributed by atoms with Gasteiger partial charge in [-0.15, -0.1) is 0 Å². The highest BCUT2D eigenvalue weighted by Gasteiger charge is 2.07. The Morgan fingerprint density at radius 3 is 3.00 bits per heavy atom. The van der Waals surface area contributed by atoms with Gasteiger partial charge in [-0.05, 0) is 18.6 Å². The van der Waals surface area contributed by atoms with Crippen molar-refractivity contribution in [2.75, 3.05) is 20.2 Å². The number of rotatable bonds is 6. The van der Waals surface area contributed by atoms with Crippen molar-refractivity contribution in [3.63, 3.8) is 0 Å². The fraction of sp³-hybridized carbons (Fsp3) is 0.545. The van der Waals surface area contributed by atoms with Crippen LogP contribution in [0.25, 0.3) is 0 Å². The number of nitrogens with zero attached hydrogens (tertiary/aromatic N) is 1. The minimum atomic E-state index is 0.0796. The first kappa shape index (κ1) is 11.8. The minimum absolute atomic E-state index is 0.0796. The minimum Gasteiger partial charge on any atom is -0.396 e. The predicted molar refractivity (Wildman–Crippen MR) is 58.5 cm³/mol. The summed E-state index contributed by atoms with van der Waals surface area (Å²) >= 11 is 0. The number of aliphatic hydroxyl groups excluding tert-OH is 1. The van der Waals surface area contributed by atoms with Gasteiger partial charge in [0.15, 0.2) is 0 Å². The summed E-state index contributed by atoms with van der Waals surface area (Å²) in [4.78, 5) is 16.3. The molecule has 1 heterocycles. The Morgan fingerprint density at radius 2 is 2.40 bits per heavy atom. The van der Waals surface area contributed by atoms with E-state index in [0.717, 1.165) is 12.1 Å². The van der Waals surface area contributed by atoms with E-state index in [-0.39, 0.29) is 12.5 Å². The lowest BCUT2D eigenvalue weighted by Gasteiger charge is -2.16. The van der Waals surface area contributed by atoms with Crippen LogP contribution in [0.1, 0.15) is 18.5 Å². The van der Waals surface area contributed by atoms with Crippen LogP contribution in [0.3, 0.4) is 0 Å². The van der Waals surface area contributed by atoms with Crippen molar-refractivity contribution >= 4 is 5.91 Å². The lowest BCUT2D eigenvalue weighted by atomic mass is 10.2. The summed E-state index contributed by atoms with van der Waals surface area (Å²) in [5.74, 6) is 0.0932. The van der Waals surface area contributed by atoms with Gasteiger partial charge in [-0.25, -0.2) is 0 Å². The Bertz CT molecular complexity index is 283. The van der Waals surface area contributed by atoms with Crippen LogP contribution in [0.2, 0.25) is 0 Å². The number of carbonyl (C=O) groups is 1. The van der Waals surface area contributed by atoms with Crippen LogP contribution in [-0.4, -0.2) is 41.1 Å². The second kappa shape index (κ2) is 6.24. The van der Waals surface area contributed by atoms with Gasteiger partial charge in [0.1, 0.15) is 0 Å². The molecule has 0 radical (unpaired) electrons. The number of H-pyrrole nitrogens is 1. The third kappa shape index (κ3) is 4.16. The lowest BCUT2D eigenvalue weighted by Crippen LogP contribution is -2.28. The number of amides is 1. The van der Waals surface area contributed by atoms with Gasteiger partial charge >= 0.3 is 0 Å². The molecule has 0 saturated carbocycles. The van der Waals surface area contributed by atoms with Gasteiger partial charge in [-0.1, -0.05) is 0 Å². The molecular weight excluding hydrogens is 192 g/mol. The Labute approximate surface area is 89.9 Å². The first-order valence-electron chi connectivity index (χ1n) is 5.21. The van der Waals surface area contributed by atoms with Gasteiger partial charge in [0.2, 0.25) is 5.91 Å². The molecule has 0 saturated heterocycles. The van der Waals surface area contributed by atoms with Crippen LogP contribution in [-0.2, 0) is 11.2 Å². The number of aromatic amines is 1. The number of nitrogens with one attached hydrogen (secondary N) is 1. The molecule has 0 fully saturated rings. The molecule has 0 aliphatic rings. The monoisotopic (exact) mass is 210 g/mol. The maximum absolute atomic E-state index is 11.5. The molecule has 0 bridgehead atoms. The number of hydrogen-bond donors (Lipinski definition) is 2. The largest absolute Gasteiger partial charge is 0.396 e. The fourth-order valence-electron chi connectivity index (χ4n) is 1.36. The molecule has 2 N–H and O–H groups in total. The zero-order valence-electron chi connectivity index (χ0n) is 9.07. The third-order valence-electron chi connectivity index (χ3n) is 2.35. The normalized spacial score (nSPS) is 10.3. The highest BCUT2D eigenvalue weighted by Crippen LogP contribution is 2.00. The van der Waals surface area contributed by atoms with Crippen LogP contribution < -0.4 is 0 Å². The number of aliphatic hydroxyl groups is 1. The van der Waals surface area contributed by atoms with Crippen molar-refractivity contribution in [2.45, 2.75) is 19.3 Å². The van der Waals surface area contributed by atoms with E-state index in [9.17, 15) is 4.79 Å². The fourth-order valence-corrected chi connectivity index (χ4v) is 1.36. The third-order valence-corrected chi connectivity index (χ3v) is 2.35. The molecular formula is C11H18N2O2. The summed E-state index contributed by atoms with van der Waals surface area (Å²) in [7, 11) is 1.79. The van der Waals surface area contributed by atoms with E-state index in [1.165, 1.54) is 0 Å². The molecule has 84 valence electrons. The van der Waals surface area contributed by atoms with Crippen molar-refractivity contribution in [3.8, 4) is 0 Å². The van der Waals surface area contributed by atoms with Crippen molar-refractivity contribution in [3.05, 3.63) is 24.0 Å². The lowest BCUT2D eigenvalue weighted by molar-refractivity contribution is -0.130. The summed E-state index contributed by atoms with van der Waals surface area (Å²) in [6.07, 6.45) is 3.70. The molecule has 0 aliphatic heterocycles. The molecule has 15 heavy (non-hydrogen) atoms. The highest BCUT2D eigenvalue weighted by molar-refractivity contribution is 5.75. The van der Waals surface area contributed by atoms with E-state index in [4.69, 9.17) is 5.11 Å². The topological polar surface area (TPSA) is 56.3 Å². The smallest absolute Gasteiger partial charge is 0.222 e. The summed E-state index contributed by atoms with van der Waals surface area (Å²) in [5.41, 5.74) is 1.14. The Hall–Kier alpha value is -1.29. The van der Waals surface area contributed by atoms with Crippen LogP contribution in [0.4, 0.5) is 0 Å². The van der Waals surface area contributed by atoms with Crippen molar-refractivity contribution in [2.24, 2.45) is 0 Å². The molecule has 1 rings (SSSR count). The van der Waals surface area contributed by atoms with E-state index in [0.29, 0.717) is 19.4 Å². The molecule has 1 aromatic heterocycles.